The second kappa shape index (κ2) is 7.18. The summed E-state index contributed by atoms with van der Waals surface area (Å²) in [7, 11) is 0. The molecule has 0 saturated carbocycles. The molecule has 0 bridgehead atoms. The summed E-state index contributed by atoms with van der Waals surface area (Å²) in [5.41, 5.74) is 0. The molecule has 2 aliphatic heterocycles. The molecular weight excluding hydrogens is 320 g/mol. The average Bonchev–Trinajstić information content (AvgIpc) is 3.23. The molecule has 1 amide bonds. The van der Waals surface area contributed by atoms with Crippen molar-refractivity contribution in [2.75, 3.05) is 44.3 Å². The van der Waals surface area contributed by atoms with Crippen LogP contribution in [0.4, 0.5) is 5.82 Å². The summed E-state index contributed by atoms with van der Waals surface area (Å²) in [6, 6.07) is 5.72. The van der Waals surface area contributed by atoms with Crippen LogP contribution in [-0.4, -0.2) is 70.2 Å². The molecule has 0 atom stereocenters. The van der Waals surface area contributed by atoms with E-state index in [0.29, 0.717) is 19.0 Å². The highest BCUT2D eigenvalue weighted by Gasteiger charge is 2.29. The first-order chi connectivity index (χ1) is 12.3. The Hall–Kier alpha value is -2.48. The highest BCUT2D eigenvalue weighted by Crippen LogP contribution is 2.20. The van der Waals surface area contributed by atoms with E-state index in [1.165, 1.54) is 0 Å². The maximum atomic E-state index is 12.6. The molecule has 8 nitrogen and oxygen atoms in total. The van der Waals surface area contributed by atoms with Crippen molar-refractivity contribution in [1.82, 2.24) is 24.9 Å². The van der Waals surface area contributed by atoms with E-state index in [-0.39, 0.29) is 11.8 Å². The molecule has 0 radical (unpaired) electrons. The topological polar surface area (TPSA) is 76.4 Å². The molecule has 2 saturated heterocycles. The van der Waals surface area contributed by atoms with Gasteiger partial charge in [0, 0.05) is 57.7 Å². The lowest BCUT2D eigenvalue weighted by Gasteiger charge is -2.37. The molecule has 2 aliphatic rings. The Kier molecular flexibility index (Phi) is 4.60. The summed E-state index contributed by atoms with van der Waals surface area (Å²) in [6.45, 7) is 4.44. The second-order valence-electron chi connectivity index (χ2n) is 6.40. The summed E-state index contributed by atoms with van der Waals surface area (Å²) in [4.78, 5) is 16.7. The van der Waals surface area contributed by atoms with Crippen LogP contribution in [0.1, 0.15) is 12.8 Å². The van der Waals surface area contributed by atoms with Gasteiger partial charge in [-0.1, -0.05) is 0 Å². The molecule has 25 heavy (non-hydrogen) atoms. The third-order valence-corrected chi connectivity index (χ3v) is 4.86. The monoisotopic (exact) mass is 342 g/mol. The SMILES string of the molecule is O=C(C1CCOCC1)N1CCN(c2ccc(-n3cccn3)nn2)CC1. The van der Waals surface area contributed by atoms with Crippen LogP contribution >= 0.6 is 0 Å². The van der Waals surface area contributed by atoms with E-state index >= 15 is 0 Å². The van der Waals surface area contributed by atoms with E-state index in [1.54, 1.807) is 10.9 Å². The molecule has 0 unspecified atom stereocenters. The van der Waals surface area contributed by atoms with E-state index < -0.39 is 0 Å². The van der Waals surface area contributed by atoms with Crippen LogP contribution in [0.3, 0.4) is 0 Å². The zero-order chi connectivity index (χ0) is 17.1. The van der Waals surface area contributed by atoms with Crippen LogP contribution in [0, 0.1) is 5.92 Å². The summed E-state index contributed by atoms with van der Waals surface area (Å²) in [6.07, 6.45) is 5.24. The van der Waals surface area contributed by atoms with Crippen molar-refractivity contribution in [2.24, 2.45) is 5.92 Å². The summed E-state index contributed by atoms with van der Waals surface area (Å²) in [5.74, 6) is 1.95. The Morgan fingerprint density at radius 3 is 2.40 bits per heavy atom. The molecule has 2 fully saturated rings. The van der Waals surface area contributed by atoms with Gasteiger partial charge in [-0.15, -0.1) is 10.2 Å². The highest BCUT2D eigenvalue weighted by molar-refractivity contribution is 5.79. The van der Waals surface area contributed by atoms with E-state index in [0.717, 1.165) is 44.8 Å². The molecule has 8 heteroatoms. The maximum absolute atomic E-state index is 12.6. The summed E-state index contributed by atoms with van der Waals surface area (Å²) < 4.78 is 7.03. The zero-order valence-electron chi connectivity index (χ0n) is 14.1. The third-order valence-electron chi connectivity index (χ3n) is 4.86. The lowest BCUT2D eigenvalue weighted by atomic mass is 9.98. The Balaban J connectivity index is 1.34. The maximum Gasteiger partial charge on any atom is 0.225 e. The summed E-state index contributed by atoms with van der Waals surface area (Å²) in [5, 5.41) is 12.7. The standard InChI is InChI=1S/C17H22N6O2/c24-17(14-4-12-25-13-5-14)22-10-8-21(9-11-22)15-2-3-16(20-19-15)23-7-1-6-18-23/h1-3,6-7,14H,4-5,8-13H2. The predicted molar refractivity (Wildman–Crippen MR) is 91.5 cm³/mol. The Morgan fingerprint density at radius 2 is 1.76 bits per heavy atom. The van der Waals surface area contributed by atoms with Crippen molar-refractivity contribution < 1.29 is 9.53 Å². The number of piperazine rings is 1. The Labute approximate surface area is 146 Å². The van der Waals surface area contributed by atoms with Gasteiger partial charge in [0.1, 0.15) is 0 Å². The lowest BCUT2D eigenvalue weighted by molar-refractivity contribution is -0.138. The van der Waals surface area contributed by atoms with Crippen molar-refractivity contribution in [1.29, 1.82) is 0 Å². The molecule has 4 heterocycles. The minimum absolute atomic E-state index is 0.133. The largest absolute Gasteiger partial charge is 0.381 e. The highest BCUT2D eigenvalue weighted by atomic mass is 16.5. The number of nitrogens with zero attached hydrogens (tertiary/aromatic N) is 6. The fraction of sp³-hybridized carbons (Fsp3) is 0.529. The van der Waals surface area contributed by atoms with Gasteiger partial charge in [0.25, 0.3) is 0 Å². The third kappa shape index (κ3) is 3.48. The van der Waals surface area contributed by atoms with Crippen molar-refractivity contribution in [2.45, 2.75) is 12.8 Å². The molecule has 0 aromatic carbocycles. The van der Waals surface area contributed by atoms with Gasteiger partial charge in [-0.3, -0.25) is 4.79 Å². The quantitative estimate of drug-likeness (QED) is 0.819. The molecule has 0 N–H and O–H groups in total. The molecule has 0 spiro atoms. The number of aromatic nitrogens is 4. The van der Waals surface area contributed by atoms with Crippen molar-refractivity contribution in [3.8, 4) is 5.82 Å². The number of hydrogen-bond donors (Lipinski definition) is 0. The van der Waals surface area contributed by atoms with E-state index in [4.69, 9.17) is 4.74 Å². The number of amides is 1. The van der Waals surface area contributed by atoms with Gasteiger partial charge in [0.2, 0.25) is 5.91 Å². The van der Waals surface area contributed by atoms with Gasteiger partial charge in [0.05, 0.1) is 0 Å². The van der Waals surface area contributed by atoms with Crippen molar-refractivity contribution >= 4 is 11.7 Å². The first-order valence-electron chi connectivity index (χ1n) is 8.76. The predicted octanol–water partition coefficient (Wildman–Crippen LogP) is 0.737. The molecule has 0 aliphatic carbocycles. The van der Waals surface area contributed by atoms with Crippen LogP contribution < -0.4 is 4.90 Å². The molecular formula is C17H22N6O2. The minimum atomic E-state index is 0.133. The van der Waals surface area contributed by atoms with Crippen LogP contribution in [0.25, 0.3) is 5.82 Å². The second-order valence-corrected chi connectivity index (χ2v) is 6.40. The summed E-state index contributed by atoms with van der Waals surface area (Å²) >= 11 is 0. The number of carbonyl (C=O) groups excluding carboxylic acids is 1. The Bertz CT molecular complexity index is 688. The van der Waals surface area contributed by atoms with E-state index in [1.807, 2.05) is 29.3 Å². The number of anilines is 1. The fourth-order valence-corrected chi connectivity index (χ4v) is 3.37. The lowest BCUT2D eigenvalue weighted by Crippen LogP contribution is -2.51. The van der Waals surface area contributed by atoms with Gasteiger partial charge in [0.15, 0.2) is 11.6 Å². The minimum Gasteiger partial charge on any atom is -0.381 e. The Morgan fingerprint density at radius 1 is 1.04 bits per heavy atom. The van der Waals surface area contributed by atoms with E-state index in [2.05, 4.69) is 20.2 Å². The molecule has 2 aromatic heterocycles. The van der Waals surface area contributed by atoms with Crippen LogP contribution in [0.5, 0.6) is 0 Å². The van der Waals surface area contributed by atoms with Crippen LogP contribution in [0.15, 0.2) is 30.6 Å². The molecule has 132 valence electrons. The number of ether oxygens (including phenoxy) is 1. The normalized spacial score (nSPS) is 19.2. The number of carbonyl (C=O) groups is 1. The number of hydrogen-bond acceptors (Lipinski definition) is 6. The van der Waals surface area contributed by atoms with Crippen LogP contribution in [-0.2, 0) is 9.53 Å². The van der Waals surface area contributed by atoms with Gasteiger partial charge in [-0.05, 0) is 31.0 Å². The molecule has 4 rings (SSSR count). The average molecular weight is 342 g/mol. The smallest absolute Gasteiger partial charge is 0.225 e. The van der Waals surface area contributed by atoms with E-state index in [9.17, 15) is 4.79 Å². The number of rotatable bonds is 3. The van der Waals surface area contributed by atoms with Gasteiger partial charge in [-0.25, -0.2) is 4.68 Å². The zero-order valence-corrected chi connectivity index (χ0v) is 14.1. The molecule has 2 aromatic rings. The van der Waals surface area contributed by atoms with Gasteiger partial charge in [-0.2, -0.15) is 5.10 Å². The fourth-order valence-electron chi connectivity index (χ4n) is 3.37. The first kappa shape index (κ1) is 16.0. The van der Waals surface area contributed by atoms with Crippen LogP contribution in [0.2, 0.25) is 0 Å². The van der Waals surface area contributed by atoms with Crippen molar-refractivity contribution in [3.63, 3.8) is 0 Å². The van der Waals surface area contributed by atoms with Gasteiger partial charge < -0.3 is 14.5 Å². The first-order valence-corrected chi connectivity index (χ1v) is 8.76. The van der Waals surface area contributed by atoms with Crippen molar-refractivity contribution in [3.05, 3.63) is 30.6 Å². The van der Waals surface area contributed by atoms with Gasteiger partial charge >= 0.3 is 0 Å².